The standard InChI is InChI=1S/C36H32F2N6O5S/c1-47-27-16-10-22(11-17-27)29-19-30(28-8-5-9-31(48-2)34(28)49-3)44(42-29)33(45)21-50-36-41-40-32(43(36)26-14-12-24(37)13-15-26)20-39-35(46)23-6-4-7-25(38)18-23/h4-18,30H,19-21H2,1-3H3,(H,39,46)/t30-/m1/s1. The summed E-state index contributed by atoms with van der Waals surface area (Å²) in [5.74, 6) is 0.136. The number of benzene rings is 4. The van der Waals surface area contributed by atoms with Crippen molar-refractivity contribution in [2.75, 3.05) is 27.1 Å². The Labute approximate surface area is 290 Å². The van der Waals surface area contributed by atoms with Crippen LogP contribution in [-0.2, 0) is 11.3 Å². The van der Waals surface area contributed by atoms with Crippen molar-refractivity contribution >= 4 is 29.3 Å². The third kappa shape index (κ3) is 7.29. The molecule has 0 aliphatic carbocycles. The van der Waals surface area contributed by atoms with E-state index in [9.17, 15) is 18.4 Å². The fourth-order valence-corrected chi connectivity index (χ4v) is 6.38. The Morgan fingerprint density at radius 1 is 0.880 bits per heavy atom. The van der Waals surface area contributed by atoms with Crippen LogP contribution in [0.2, 0.25) is 0 Å². The third-order valence-corrected chi connectivity index (χ3v) is 8.90. The highest BCUT2D eigenvalue weighted by molar-refractivity contribution is 7.99. The summed E-state index contributed by atoms with van der Waals surface area (Å²) in [4.78, 5) is 26.8. The molecular weight excluding hydrogens is 666 g/mol. The largest absolute Gasteiger partial charge is 0.497 e. The van der Waals surface area contributed by atoms with Gasteiger partial charge < -0.3 is 19.5 Å². The van der Waals surface area contributed by atoms with Crippen LogP contribution in [0.15, 0.2) is 101 Å². The molecular formula is C36H32F2N6O5S. The highest BCUT2D eigenvalue weighted by Gasteiger charge is 2.36. The highest BCUT2D eigenvalue weighted by Crippen LogP contribution is 2.42. The summed E-state index contributed by atoms with van der Waals surface area (Å²) >= 11 is 1.11. The topological polar surface area (TPSA) is 120 Å². The van der Waals surface area contributed by atoms with E-state index < -0.39 is 23.6 Å². The summed E-state index contributed by atoms with van der Waals surface area (Å²) < 4.78 is 45.8. The number of halogens is 2. The van der Waals surface area contributed by atoms with E-state index in [1.807, 2.05) is 36.4 Å². The van der Waals surface area contributed by atoms with E-state index in [4.69, 9.17) is 19.3 Å². The molecule has 11 nitrogen and oxygen atoms in total. The number of methoxy groups -OCH3 is 3. The molecule has 5 aromatic rings. The number of para-hydroxylation sites is 1. The van der Waals surface area contributed by atoms with E-state index in [1.54, 1.807) is 44.1 Å². The van der Waals surface area contributed by atoms with Crippen molar-refractivity contribution in [1.82, 2.24) is 25.1 Å². The lowest BCUT2D eigenvalue weighted by Crippen LogP contribution is -2.29. The highest BCUT2D eigenvalue weighted by atomic mass is 32.2. The Balaban J connectivity index is 1.28. The van der Waals surface area contributed by atoms with E-state index in [0.29, 0.717) is 46.0 Å². The second kappa shape index (κ2) is 15.2. The predicted octanol–water partition coefficient (Wildman–Crippen LogP) is 5.97. The van der Waals surface area contributed by atoms with E-state index in [1.165, 1.54) is 35.3 Å². The van der Waals surface area contributed by atoms with Crippen LogP contribution in [0.25, 0.3) is 5.69 Å². The molecule has 1 N–H and O–H groups in total. The van der Waals surface area contributed by atoms with Crippen molar-refractivity contribution in [3.05, 3.63) is 125 Å². The van der Waals surface area contributed by atoms with Gasteiger partial charge in [-0.25, -0.2) is 13.8 Å². The Morgan fingerprint density at radius 3 is 2.34 bits per heavy atom. The summed E-state index contributed by atoms with van der Waals surface area (Å²) in [6.45, 7) is -0.0758. The number of hydrogen-bond acceptors (Lipinski definition) is 9. The summed E-state index contributed by atoms with van der Waals surface area (Å²) in [6, 6.07) is 23.4. The number of carbonyl (C=O) groups excluding carboxylic acids is 2. The quantitative estimate of drug-likeness (QED) is 0.158. The number of thioether (sulfide) groups is 1. The molecule has 50 heavy (non-hydrogen) atoms. The van der Waals surface area contributed by atoms with E-state index in [0.717, 1.165) is 29.0 Å². The summed E-state index contributed by atoms with van der Waals surface area (Å²) in [6.07, 6.45) is 0.410. The maximum Gasteiger partial charge on any atom is 0.253 e. The first kappa shape index (κ1) is 34.1. The van der Waals surface area contributed by atoms with E-state index in [-0.39, 0.29) is 23.8 Å². The average Bonchev–Trinajstić information content (AvgIpc) is 3.78. The van der Waals surface area contributed by atoms with Crippen LogP contribution in [0.3, 0.4) is 0 Å². The lowest BCUT2D eigenvalue weighted by atomic mass is 9.97. The Morgan fingerprint density at radius 2 is 1.64 bits per heavy atom. The predicted molar refractivity (Wildman–Crippen MR) is 183 cm³/mol. The normalized spacial score (nSPS) is 13.9. The molecule has 0 radical (unpaired) electrons. The van der Waals surface area contributed by atoms with E-state index >= 15 is 0 Å². The molecule has 0 saturated heterocycles. The maximum absolute atomic E-state index is 14.0. The fraction of sp³-hybridized carbons (Fsp3) is 0.194. The first-order valence-electron chi connectivity index (χ1n) is 15.4. The lowest BCUT2D eigenvalue weighted by Gasteiger charge is -2.24. The monoisotopic (exact) mass is 698 g/mol. The zero-order chi connectivity index (χ0) is 35.2. The second-order valence-electron chi connectivity index (χ2n) is 11.0. The molecule has 256 valence electrons. The number of aromatic nitrogens is 3. The second-order valence-corrected chi connectivity index (χ2v) is 12.0. The SMILES string of the molecule is COc1ccc(C2=NN(C(=O)CSc3nnc(CNC(=O)c4cccc(F)c4)n3-c3ccc(F)cc3)[C@@H](c3cccc(OC)c3OC)C2)cc1. The van der Waals surface area contributed by atoms with Crippen LogP contribution in [0.1, 0.15) is 39.8 Å². The third-order valence-electron chi connectivity index (χ3n) is 7.99. The molecule has 1 aromatic heterocycles. The van der Waals surface area contributed by atoms with Gasteiger partial charge in [0.15, 0.2) is 22.5 Å². The Bertz CT molecular complexity index is 2040. The minimum atomic E-state index is -0.541. The van der Waals surface area contributed by atoms with Crippen molar-refractivity contribution in [3.8, 4) is 22.9 Å². The number of nitrogens with one attached hydrogen (secondary N) is 1. The number of nitrogens with zero attached hydrogens (tertiary/aromatic N) is 5. The van der Waals surface area contributed by atoms with Crippen molar-refractivity contribution in [1.29, 1.82) is 0 Å². The van der Waals surface area contributed by atoms with Crippen LogP contribution < -0.4 is 19.5 Å². The fourth-order valence-electron chi connectivity index (χ4n) is 5.56. The van der Waals surface area contributed by atoms with Gasteiger partial charge in [-0.15, -0.1) is 10.2 Å². The lowest BCUT2D eigenvalue weighted by molar-refractivity contribution is -0.130. The molecule has 4 aromatic carbocycles. The van der Waals surface area contributed by atoms with Gasteiger partial charge >= 0.3 is 0 Å². The number of hydrogen-bond donors (Lipinski definition) is 1. The molecule has 0 bridgehead atoms. The van der Waals surface area contributed by atoms with Gasteiger partial charge in [0.2, 0.25) is 0 Å². The first-order chi connectivity index (χ1) is 24.3. The molecule has 2 heterocycles. The number of amides is 2. The van der Waals surface area contributed by atoms with Gasteiger partial charge in [0.25, 0.3) is 11.8 Å². The van der Waals surface area contributed by atoms with Crippen molar-refractivity contribution < 1.29 is 32.6 Å². The zero-order valence-corrected chi connectivity index (χ0v) is 28.1. The number of hydrazone groups is 1. The molecule has 0 fully saturated rings. The van der Waals surface area contributed by atoms with E-state index in [2.05, 4.69) is 15.5 Å². The molecule has 1 atom stereocenters. The van der Waals surface area contributed by atoms with Crippen LogP contribution in [0.5, 0.6) is 17.2 Å². The molecule has 1 aliphatic rings. The Kier molecular flexibility index (Phi) is 10.4. The van der Waals surface area contributed by atoms with Crippen LogP contribution in [0, 0.1) is 11.6 Å². The van der Waals surface area contributed by atoms with Gasteiger partial charge in [-0.1, -0.05) is 30.0 Å². The van der Waals surface area contributed by atoms with Gasteiger partial charge in [-0.05, 0) is 78.4 Å². The van der Waals surface area contributed by atoms with Crippen LogP contribution in [-0.4, -0.2) is 64.4 Å². The number of ether oxygens (including phenoxy) is 3. The van der Waals surface area contributed by atoms with Gasteiger partial charge in [-0.3, -0.25) is 14.2 Å². The molecule has 0 unspecified atom stereocenters. The number of carbonyl (C=O) groups is 2. The smallest absolute Gasteiger partial charge is 0.253 e. The maximum atomic E-state index is 14.0. The van der Waals surface area contributed by atoms with Crippen LogP contribution >= 0.6 is 11.8 Å². The van der Waals surface area contributed by atoms with Gasteiger partial charge in [0.1, 0.15) is 17.4 Å². The molecule has 0 spiro atoms. The average molecular weight is 699 g/mol. The molecule has 0 saturated carbocycles. The molecule has 14 heteroatoms. The number of rotatable bonds is 12. The summed E-state index contributed by atoms with van der Waals surface area (Å²) in [7, 11) is 4.69. The molecule has 6 rings (SSSR count). The molecule has 2 amide bonds. The van der Waals surface area contributed by atoms with Crippen molar-refractivity contribution in [2.45, 2.75) is 24.2 Å². The van der Waals surface area contributed by atoms with Crippen LogP contribution in [0.4, 0.5) is 8.78 Å². The zero-order valence-electron chi connectivity index (χ0n) is 27.3. The van der Waals surface area contributed by atoms with Gasteiger partial charge in [-0.2, -0.15) is 5.10 Å². The first-order valence-corrected chi connectivity index (χ1v) is 16.4. The van der Waals surface area contributed by atoms with Gasteiger partial charge in [0.05, 0.1) is 45.4 Å². The minimum Gasteiger partial charge on any atom is -0.497 e. The Hall–Kier alpha value is -5.76. The van der Waals surface area contributed by atoms with Gasteiger partial charge in [0, 0.05) is 23.2 Å². The summed E-state index contributed by atoms with van der Waals surface area (Å²) in [5, 5.41) is 17.8. The molecule has 1 aliphatic heterocycles. The summed E-state index contributed by atoms with van der Waals surface area (Å²) in [5.41, 5.74) is 2.92. The van der Waals surface area contributed by atoms with Crippen molar-refractivity contribution in [3.63, 3.8) is 0 Å². The minimum absolute atomic E-state index is 0.0758. The van der Waals surface area contributed by atoms with Crippen molar-refractivity contribution in [2.24, 2.45) is 5.10 Å².